The molecule has 11 atom stereocenters. The summed E-state index contributed by atoms with van der Waals surface area (Å²) in [5.41, 5.74) is 11.5. The highest BCUT2D eigenvalue weighted by Crippen LogP contribution is 2.42. The fourth-order valence-corrected chi connectivity index (χ4v) is 6.04. The minimum absolute atomic E-state index is 0.222. The Bertz CT molecular complexity index is 1230. The Balaban J connectivity index is 1.28. The summed E-state index contributed by atoms with van der Waals surface area (Å²) in [5, 5.41) is 4.13. The van der Waals surface area contributed by atoms with Gasteiger partial charge in [0.15, 0.2) is 24.7 Å². The summed E-state index contributed by atoms with van der Waals surface area (Å²) in [7, 11) is 1.56. The first-order chi connectivity index (χ1) is 20.4. The third-order valence-electron chi connectivity index (χ3n) is 7.94. The lowest BCUT2D eigenvalue weighted by molar-refractivity contribution is -0.365. The SMILES string of the molecule is CO[C@@H]1O[C@@H](C)[C@H](O[C@@H]2O[C@@H]3COC(c4ccccc4)O[C@H]3[C@H](OCc3ccccc3)[C@@H]2N=[N+]=[N-])[C@H]2OC(C)(C)O[C@@H]12. The third-order valence-corrected chi connectivity index (χ3v) is 7.94. The molecule has 0 N–H and O–H groups in total. The highest BCUT2D eigenvalue weighted by molar-refractivity contribution is 5.17. The third kappa shape index (κ3) is 6.06. The monoisotopic (exact) mass is 583 g/mol. The summed E-state index contributed by atoms with van der Waals surface area (Å²) >= 11 is 0. The molecule has 0 amide bonds. The smallest absolute Gasteiger partial charge is 0.186 e. The van der Waals surface area contributed by atoms with Crippen molar-refractivity contribution in [3.8, 4) is 0 Å². The number of benzene rings is 2. The van der Waals surface area contributed by atoms with Crippen molar-refractivity contribution in [2.75, 3.05) is 13.7 Å². The Morgan fingerprint density at radius 3 is 2.33 bits per heavy atom. The van der Waals surface area contributed by atoms with E-state index in [2.05, 4.69) is 10.0 Å². The molecule has 0 bridgehead atoms. The Morgan fingerprint density at radius 2 is 1.62 bits per heavy atom. The van der Waals surface area contributed by atoms with E-state index >= 15 is 0 Å². The predicted molar refractivity (Wildman–Crippen MR) is 147 cm³/mol. The van der Waals surface area contributed by atoms with Crippen LogP contribution >= 0.6 is 0 Å². The fourth-order valence-electron chi connectivity index (χ4n) is 6.04. The van der Waals surface area contributed by atoms with Crippen LogP contribution in [-0.4, -0.2) is 80.9 Å². The lowest BCUT2D eigenvalue weighted by atomic mass is 9.95. The van der Waals surface area contributed by atoms with Gasteiger partial charge in [0.25, 0.3) is 0 Å². The molecular formula is C30H37N3O9. The average molecular weight is 584 g/mol. The molecule has 0 spiro atoms. The van der Waals surface area contributed by atoms with Crippen molar-refractivity contribution in [2.45, 2.75) is 101 Å². The van der Waals surface area contributed by atoms with Gasteiger partial charge >= 0.3 is 0 Å². The standard InChI is InChI=1S/C30H37N3O9/c1-17-22(25-26(29(34-4)37-17)42-30(2,3)41-25)39-28-21(32-33-31)24(35-15-18-11-7-5-8-12-18)23-20(38-28)16-36-27(40-23)19-13-9-6-10-14-19/h5-14,17,20-29H,15-16H2,1-4H3/t17-,20+,21-,22-,23+,24+,25+,26+,27?,28-,29+/m0/s1. The van der Waals surface area contributed by atoms with E-state index in [0.717, 1.165) is 11.1 Å². The van der Waals surface area contributed by atoms with E-state index in [9.17, 15) is 5.53 Å². The normalized spacial score (nSPS) is 39.1. The van der Waals surface area contributed by atoms with Crippen LogP contribution in [-0.2, 0) is 49.2 Å². The summed E-state index contributed by atoms with van der Waals surface area (Å²) in [5.74, 6) is -0.872. The molecule has 0 aromatic heterocycles. The van der Waals surface area contributed by atoms with Crippen molar-refractivity contribution in [2.24, 2.45) is 5.11 Å². The lowest BCUT2D eigenvalue weighted by Crippen LogP contribution is -2.65. The van der Waals surface area contributed by atoms with E-state index in [1.807, 2.05) is 81.4 Å². The van der Waals surface area contributed by atoms with Crippen molar-refractivity contribution in [1.82, 2.24) is 0 Å². The molecule has 1 unspecified atom stereocenters. The average Bonchev–Trinajstić information content (AvgIpc) is 3.33. The van der Waals surface area contributed by atoms with Crippen LogP contribution in [0.2, 0.25) is 0 Å². The fraction of sp³-hybridized carbons (Fsp3) is 0.600. The number of nitrogens with zero attached hydrogens (tertiary/aromatic N) is 3. The summed E-state index contributed by atoms with van der Waals surface area (Å²) in [6, 6.07) is 18.5. The van der Waals surface area contributed by atoms with Crippen LogP contribution in [0.1, 0.15) is 38.2 Å². The van der Waals surface area contributed by atoms with Gasteiger partial charge in [0, 0.05) is 17.6 Å². The van der Waals surface area contributed by atoms with E-state index in [1.165, 1.54) is 0 Å². The second-order valence-electron chi connectivity index (χ2n) is 11.3. The molecule has 2 aromatic carbocycles. The first-order valence-electron chi connectivity index (χ1n) is 14.2. The number of azide groups is 1. The summed E-state index contributed by atoms with van der Waals surface area (Å²) in [6.45, 7) is 6.03. The van der Waals surface area contributed by atoms with Gasteiger partial charge in [0.1, 0.15) is 42.7 Å². The van der Waals surface area contributed by atoms with Crippen LogP contribution in [0.3, 0.4) is 0 Å². The number of methoxy groups -OCH3 is 1. The van der Waals surface area contributed by atoms with Gasteiger partial charge in [0.05, 0.1) is 19.3 Å². The van der Waals surface area contributed by atoms with Crippen molar-refractivity contribution in [3.63, 3.8) is 0 Å². The summed E-state index contributed by atoms with van der Waals surface area (Å²) in [6.07, 6.45) is -6.26. The second kappa shape index (κ2) is 12.6. The molecular weight excluding hydrogens is 546 g/mol. The van der Waals surface area contributed by atoms with E-state index in [1.54, 1.807) is 7.11 Å². The quantitative estimate of drug-likeness (QED) is 0.252. The van der Waals surface area contributed by atoms with Gasteiger partial charge in [0.2, 0.25) is 0 Å². The zero-order valence-corrected chi connectivity index (χ0v) is 24.1. The van der Waals surface area contributed by atoms with Crippen LogP contribution in [0.25, 0.3) is 10.4 Å². The maximum absolute atomic E-state index is 9.65. The molecule has 4 saturated heterocycles. The number of ether oxygens (including phenoxy) is 9. The molecule has 12 nitrogen and oxygen atoms in total. The van der Waals surface area contributed by atoms with E-state index in [0.29, 0.717) is 0 Å². The molecule has 12 heteroatoms. The molecule has 0 saturated carbocycles. The number of hydrogen-bond acceptors (Lipinski definition) is 10. The molecule has 4 aliphatic heterocycles. The molecule has 0 radical (unpaired) electrons. The van der Waals surface area contributed by atoms with Crippen LogP contribution in [0, 0.1) is 0 Å². The van der Waals surface area contributed by atoms with Gasteiger partial charge < -0.3 is 42.6 Å². The largest absolute Gasteiger partial charge is 0.370 e. The second-order valence-corrected chi connectivity index (χ2v) is 11.3. The molecule has 6 rings (SSSR count). The van der Waals surface area contributed by atoms with Gasteiger partial charge in [-0.3, -0.25) is 0 Å². The first kappa shape index (κ1) is 29.5. The molecule has 4 fully saturated rings. The first-order valence-corrected chi connectivity index (χ1v) is 14.2. The van der Waals surface area contributed by atoms with Gasteiger partial charge in [-0.15, -0.1) is 0 Å². The van der Waals surface area contributed by atoms with Gasteiger partial charge in [-0.25, -0.2) is 0 Å². The molecule has 4 heterocycles. The Morgan fingerprint density at radius 1 is 0.905 bits per heavy atom. The van der Waals surface area contributed by atoms with E-state index in [4.69, 9.17) is 42.6 Å². The minimum atomic E-state index is -1.01. The number of fused-ring (bicyclic) bond motifs is 2. The van der Waals surface area contributed by atoms with Crippen molar-refractivity contribution in [3.05, 3.63) is 82.2 Å². The van der Waals surface area contributed by atoms with Crippen LogP contribution in [0.5, 0.6) is 0 Å². The van der Waals surface area contributed by atoms with Gasteiger partial charge in [-0.2, -0.15) is 0 Å². The number of rotatable bonds is 8. The minimum Gasteiger partial charge on any atom is -0.370 e. The van der Waals surface area contributed by atoms with Crippen LogP contribution < -0.4 is 0 Å². The van der Waals surface area contributed by atoms with Crippen molar-refractivity contribution >= 4 is 0 Å². The summed E-state index contributed by atoms with van der Waals surface area (Å²) < 4.78 is 56.0. The highest BCUT2D eigenvalue weighted by atomic mass is 16.8. The van der Waals surface area contributed by atoms with E-state index < -0.39 is 73.4 Å². The molecule has 226 valence electrons. The number of hydrogen-bond donors (Lipinski definition) is 0. The Labute approximate surface area is 244 Å². The molecule has 2 aromatic rings. The topological polar surface area (TPSA) is 132 Å². The molecule has 42 heavy (non-hydrogen) atoms. The maximum atomic E-state index is 9.65. The van der Waals surface area contributed by atoms with Crippen LogP contribution in [0.4, 0.5) is 0 Å². The molecule has 4 aliphatic rings. The Kier molecular flexibility index (Phi) is 8.80. The Hall–Kier alpha value is -2.61. The van der Waals surface area contributed by atoms with Crippen LogP contribution in [0.15, 0.2) is 65.8 Å². The van der Waals surface area contributed by atoms with Gasteiger partial charge in [-0.05, 0) is 31.9 Å². The summed E-state index contributed by atoms with van der Waals surface area (Å²) in [4.78, 5) is 3.15. The molecule has 0 aliphatic carbocycles. The zero-order chi connectivity index (χ0) is 29.3. The van der Waals surface area contributed by atoms with Crippen molar-refractivity contribution < 1.29 is 42.6 Å². The zero-order valence-electron chi connectivity index (χ0n) is 24.1. The lowest BCUT2D eigenvalue weighted by Gasteiger charge is -2.50. The van der Waals surface area contributed by atoms with Crippen molar-refractivity contribution in [1.29, 1.82) is 0 Å². The van der Waals surface area contributed by atoms with Gasteiger partial charge in [-0.1, -0.05) is 65.8 Å². The highest BCUT2D eigenvalue weighted by Gasteiger charge is 2.58. The maximum Gasteiger partial charge on any atom is 0.186 e. The van der Waals surface area contributed by atoms with E-state index in [-0.39, 0.29) is 13.2 Å². The predicted octanol–water partition coefficient (Wildman–Crippen LogP) is 4.39.